The maximum absolute atomic E-state index is 14.6. The average molecular weight is 397 g/mol. The Kier molecular flexibility index (Phi) is 6.56. The first-order chi connectivity index (χ1) is 14.3. The van der Waals surface area contributed by atoms with E-state index >= 15 is 0 Å². The number of hydrogen-bond donors (Lipinski definition) is 1. The number of ether oxygens (including phenoxy) is 1. The molecule has 0 atom stereocenters. The molecule has 2 aromatic rings. The van der Waals surface area contributed by atoms with Gasteiger partial charge in [-0.3, -0.25) is 0 Å². The van der Waals surface area contributed by atoms with Gasteiger partial charge in [0.25, 0.3) is 0 Å². The summed E-state index contributed by atoms with van der Waals surface area (Å²) in [5.74, 6) is 0.948. The number of morpholine rings is 1. The van der Waals surface area contributed by atoms with Crippen LogP contribution in [-0.4, -0.2) is 55.2 Å². The van der Waals surface area contributed by atoms with Gasteiger partial charge in [0.15, 0.2) is 17.6 Å². The fourth-order valence-electron chi connectivity index (χ4n) is 3.71. The molecule has 2 fully saturated rings. The van der Waals surface area contributed by atoms with Gasteiger partial charge in [0.2, 0.25) is 0 Å². The number of aliphatic imine (C=N–C) groups is 1. The summed E-state index contributed by atoms with van der Waals surface area (Å²) in [4.78, 5) is 13.4. The number of nitrogens with one attached hydrogen (secondary N) is 1. The van der Waals surface area contributed by atoms with E-state index in [2.05, 4.69) is 15.2 Å². The molecule has 1 aromatic carbocycles. The van der Waals surface area contributed by atoms with Crippen LogP contribution in [0.2, 0.25) is 0 Å². The normalized spacial score (nSPS) is 18.0. The Hall–Kier alpha value is -2.67. The molecule has 29 heavy (non-hydrogen) atoms. The van der Waals surface area contributed by atoms with E-state index in [0.717, 1.165) is 30.3 Å². The van der Waals surface area contributed by atoms with Crippen LogP contribution in [-0.2, 0) is 11.3 Å². The fraction of sp³-hybridized carbons (Fsp3) is 0.455. The van der Waals surface area contributed by atoms with Crippen molar-refractivity contribution in [2.75, 3.05) is 49.6 Å². The maximum atomic E-state index is 14.6. The number of likely N-dealkylation sites (tertiary alicyclic amines) is 1. The summed E-state index contributed by atoms with van der Waals surface area (Å²) < 4.78 is 20.0. The SMILES string of the molecule is Fc1cc(CN=C(Nc2ccccc2)N2CCCCC2)cnc1N1CCOCC1. The second-order valence-electron chi connectivity index (χ2n) is 7.43. The zero-order valence-corrected chi connectivity index (χ0v) is 16.7. The molecule has 2 aliphatic rings. The van der Waals surface area contributed by atoms with Crippen LogP contribution in [0.5, 0.6) is 0 Å². The number of nitrogens with zero attached hydrogens (tertiary/aromatic N) is 4. The number of rotatable bonds is 4. The Balaban J connectivity index is 1.49. The zero-order chi connectivity index (χ0) is 19.9. The Morgan fingerprint density at radius 2 is 1.83 bits per heavy atom. The van der Waals surface area contributed by atoms with Gasteiger partial charge in [-0.2, -0.15) is 0 Å². The van der Waals surface area contributed by atoms with E-state index in [1.54, 1.807) is 12.3 Å². The molecule has 3 heterocycles. The number of anilines is 2. The van der Waals surface area contributed by atoms with Crippen LogP contribution in [0.1, 0.15) is 24.8 Å². The molecule has 154 valence electrons. The summed E-state index contributed by atoms with van der Waals surface area (Å²) >= 11 is 0. The Labute approximate surface area is 171 Å². The second-order valence-corrected chi connectivity index (χ2v) is 7.43. The van der Waals surface area contributed by atoms with Crippen molar-refractivity contribution in [2.45, 2.75) is 25.8 Å². The summed E-state index contributed by atoms with van der Waals surface area (Å²) in [6, 6.07) is 11.6. The first-order valence-electron chi connectivity index (χ1n) is 10.4. The lowest BCUT2D eigenvalue weighted by atomic mass is 10.1. The van der Waals surface area contributed by atoms with Crippen molar-refractivity contribution in [1.82, 2.24) is 9.88 Å². The molecule has 0 unspecified atom stereocenters. The lowest BCUT2D eigenvalue weighted by Gasteiger charge is -2.30. The van der Waals surface area contributed by atoms with Crippen LogP contribution in [0.15, 0.2) is 47.6 Å². The number of aromatic nitrogens is 1. The number of para-hydroxylation sites is 1. The zero-order valence-electron chi connectivity index (χ0n) is 16.7. The molecule has 0 spiro atoms. The minimum Gasteiger partial charge on any atom is -0.378 e. The average Bonchev–Trinajstić information content (AvgIpc) is 2.78. The van der Waals surface area contributed by atoms with Crippen molar-refractivity contribution in [3.63, 3.8) is 0 Å². The van der Waals surface area contributed by atoms with Gasteiger partial charge in [-0.25, -0.2) is 14.4 Å². The predicted octanol–water partition coefficient (Wildman–Crippen LogP) is 3.51. The highest BCUT2D eigenvalue weighted by Gasteiger charge is 2.18. The van der Waals surface area contributed by atoms with Gasteiger partial charge in [0, 0.05) is 38.1 Å². The van der Waals surface area contributed by atoms with Crippen LogP contribution in [0.25, 0.3) is 0 Å². The quantitative estimate of drug-likeness (QED) is 0.632. The second kappa shape index (κ2) is 9.69. The Morgan fingerprint density at radius 3 is 2.55 bits per heavy atom. The van der Waals surface area contributed by atoms with E-state index in [1.165, 1.54) is 19.3 Å². The third-order valence-electron chi connectivity index (χ3n) is 5.29. The molecule has 2 aliphatic heterocycles. The van der Waals surface area contributed by atoms with Gasteiger partial charge in [-0.05, 0) is 43.0 Å². The fourth-order valence-corrected chi connectivity index (χ4v) is 3.71. The van der Waals surface area contributed by atoms with E-state index in [0.29, 0.717) is 38.7 Å². The van der Waals surface area contributed by atoms with Gasteiger partial charge < -0.3 is 19.9 Å². The molecule has 0 radical (unpaired) electrons. The highest BCUT2D eigenvalue weighted by molar-refractivity contribution is 5.93. The molecule has 2 saturated heterocycles. The van der Waals surface area contributed by atoms with Crippen molar-refractivity contribution in [3.8, 4) is 0 Å². The van der Waals surface area contributed by atoms with Crippen LogP contribution in [0, 0.1) is 5.82 Å². The highest BCUT2D eigenvalue weighted by atomic mass is 19.1. The summed E-state index contributed by atoms with van der Waals surface area (Å²) in [5, 5.41) is 3.44. The van der Waals surface area contributed by atoms with Gasteiger partial charge in [-0.15, -0.1) is 0 Å². The lowest BCUT2D eigenvalue weighted by Crippen LogP contribution is -2.40. The standard InChI is InChI=1S/C22H28FN5O/c23-20-15-18(16-24-21(20)27-11-13-29-14-12-27)17-25-22(28-9-5-2-6-10-28)26-19-7-3-1-4-8-19/h1,3-4,7-8,15-16H,2,5-6,9-14,17H2,(H,25,26). The molecule has 7 heteroatoms. The van der Waals surface area contributed by atoms with Crippen LogP contribution in [0.4, 0.5) is 15.9 Å². The maximum Gasteiger partial charge on any atom is 0.198 e. The summed E-state index contributed by atoms with van der Waals surface area (Å²) in [7, 11) is 0. The smallest absolute Gasteiger partial charge is 0.198 e. The van der Waals surface area contributed by atoms with E-state index in [9.17, 15) is 4.39 Å². The first kappa shape index (κ1) is 19.6. The number of guanidine groups is 1. The Bertz CT molecular complexity index is 817. The third kappa shape index (κ3) is 5.23. The van der Waals surface area contributed by atoms with Gasteiger partial charge in [-0.1, -0.05) is 18.2 Å². The summed E-state index contributed by atoms with van der Waals surface area (Å²) in [6.07, 6.45) is 5.32. The third-order valence-corrected chi connectivity index (χ3v) is 5.29. The molecule has 1 aromatic heterocycles. The Morgan fingerprint density at radius 1 is 1.07 bits per heavy atom. The lowest BCUT2D eigenvalue weighted by molar-refractivity contribution is 0.122. The minimum absolute atomic E-state index is 0.296. The molecule has 0 saturated carbocycles. The minimum atomic E-state index is -0.296. The largest absolute Gasteiger partial charge is 0.378 e. The van der Waals surface area contributed by atoms with Gasteiger partial charge in [0.05, 0.1) is 19.8 Å². The van der Waals surface area contributed by atoms with E-state index in [4.69, 9.17) is 9.73 Å². The van der Waals surface area contributed by atoms with Crippen molar-refractivity contribution < 1.29 is 9.13 Å². The number of benzene rings is 1. The molecule has 0 aliphatic carbocycles. The van der Waals surface area contributed by atoms with Crippen molar-refractivity contribution in [1.29, 1.82) is 0 Å². The molecular formula is C22H28FN5O. The topological polar surface area (TPSA) is 53.0 Å². The summed E-state index contributed by atoms with van der Waals surface area (Å²) in [6.45, 7) is 4.92. The number of piperidine rings is 1. The monoisotopic (exact) mass is 397 g/mol. The van der Waals surface area contributed by atoms with Crippen LogP contribution >= 0.6 is 0 Å². The molecule has 4 rings (SSSR count). The van der Waals surface area contributed by atoms with Crippen LogP contribution < -0.4 is 10.2 Å². The van der Waals surface area contributed by atoms with Gasteiger partial charge >= 0.3 is 0 Å². The number of pyridine rings is 1. The van der Waals surface area contributed by atoms with Gasteiger partial charge in [0.1, 0.15) is 0 Å². The molecule has 0 amide bonds. The molecule has 0 bridgehead atoms. The molecule has 6 nitrogen and oxygen atoms in total. The summed E-state index contributed by atoms with van der Waals surface area (Å²) in [5.41, 5.74) is 1.77. The first-order valence-corrected chi connectivity index (χ1v) is 10.4. The van der Waals surface area contributed by atoms with Crippen molar-refractivity contribution >= 4 is 17.5 Å². The predicted molar refractivity (Wildman–Crippen MR) is 114 cm³/mol. The van der Waals surface area contributed by atoms with Crippen molar-refractivity contribution in [3.05, 3.63) is 54.0 Å². The van der Waals surface area contributed by atoms with Crippen LogP contribution in [0.3, 0.4) is 0 Å². The van der Waals surface area contributed by atoms with E-state index < -0.39 is 0 Å². The van der Waals surface area contributed by atoms with E-state index in [1.807, 2.05) is 35.2 Å². The molecule has 1 N–H and O–H groups in total. The number of halogens is 1. The molecular weight excluding hydrogens is 369 g/mol. The van der Waals surface area contributed by atoms with Crippen molar-refractivity contribution in [2.24, 2.45) is 4.99 Å². The highest BCUT2D eigenvalue weighted by Crippen LogP contribution is 2.19. The number of hydrogen-bond acceptors (Lipinski definition) is 4. The van der Waals surface area contributed by atoms with E-state index in [-0.39, 0.29) is 5.82 Å².